The molecule has 0 unspecified atom stereocenters. The van der Waals surface area contributed by atoms with Crippen molar-refractivity contribution in [3.63, 3.8) is 0 Å². The second-order valence-electron chi connectivity index (χ2n) is 4.53. The molecule has 2 heterocycles. The summed E-state index contributed by atoms with van der Waals surface area (Å²) in [5.41, 5.74) is 1.70. The molecular formula is C16H14N2O4. The van der Waals surface area contributed by atoms with Gasteiger partial charge in [0.05, 0.1) is 11.8 Å². The number of hydrogen-bond acceptors (Lipinski definition) is 6. The molecule has 112 valence electrons. The lowest BCUT2D eigenvalue weighted by atomic mass is 10.2. The first-order valence-corrected chi connectivity index (χ1v) is 6.71. The molecule has 0 amide bonds. The molecule has 1 aromatic carbocycles. The molecule has 3 aromatic rings. The molecular weight excluding hydrogens is 284 g/mol. The molecule has 0 fully saturated rings. The number of carbonyl (C=O) groups excluding carboxylic acids is 1. The fourth-order valence-corrected chi connectivity index (χ4v) is 2.01. The van der Waals surface area contributed by atoms with Crippen molar-refractivity contribution in [2.45, 2.75) is 6.61 Å². The molecule has 2 aromatic heterocycles. The van der Waals surface area contributed by atoms with Gasteiger partial charge in [0.1, 0.15) is 12.3 Å². The van der Waals surface area contributed by atoms with Crippen LogP contribution in [-0.4, -0.2) is 18.2 Å². The van der Waals surface area contributed by atoms with E-state index in [-0.39, 0.29) is 6.61 Å². The van der Waals surface area contributed by atoms with E-state index in [2.05, 4.69) is 10.5 Å². The van der Waals surface area contributed by atoms with E-state index in [0.717, 1.165) is 0 Å². The average Bonchev–Trinajstić information content (AvgIpc) is 3.23. The zero-order valence-corrected chi connectivity index (χ0v) is 11.9. The van der Waals surface area contributed by atoms with E-state index in [0.29, 0.717) is 28.5 Å². The molecule has 0 spiro atoms. The van der Waals surface area contributed by atoms with Crippen molar-refractivity contribution < 1.29 is 18.5 Å². The van der Waals surface area contributed by atoms with Gasteiger partial charge >= 0.3 is 5.97 Å². The van der Waals surface area contributed by atoms with Gasteiger partial charge in [-0.05, 0) is 24.3 Å². The van der Waals surface area contributed by atoms with Gasteiger partial charge in [0, 0.05) is 18.8 Å². The SMILES string of the molecule is CNc1ccccc1C(=O)OCc1cc(-c2ccco2)on1. The highest BCUT2D eigenvalue weighted by atomic mass is 16.5. The van der Waals surface area contributed by atoms with E-state index in [9.17, 15) is 4.79 Å². The van der Waals surface area contributed by atoms with Gasteiger partial charge in [-0.15, -0.1) is 0 Å². The smallest absolute Gasteiger partial charge is 0.340 e. The highest BCUT2D eigenvalue weighted by Gasteiger charge is 2.14. The topological polar surface area (TPSA) is 77.5 Å². The molecule has 22 heavy (non-hydrogen) atoms. The van der Waals surface area contributed by atoms with Crippen molar-refractivity contribution in [1.82, 2.24) is 5.16 Å². The summed E-state index contributed by atoms with van der Waals surface area (Å²) in [5.74, 6) is 0.643. The monoisotopic (exact) mass is 298 g/mol. The number of para-hydroxylation sites is 1. The first kappa shape index (κ1) is 13.9. The highest BCUT2D eigenvalue weighted by molar-refractivity contribution is 5.95. The molecule has 0 saturated carbocycles. The Kier molecular flexibility index (Phi) is 3.91. The quantitative estimate of drug-likeness (QED) is 0.728. The Bertz CT molecular complexity index is 762. The van der Waals surface area contributed by atoms with Crippen molar-refractivity contribution in [2.24, 2.45) is 0 Å². The second kappa shape index (κ2) is 6.17. The van der Waals surface area contributed by atoms with Crippen LogP contribution in [0.3, 0.4) is 0 Å². The maximum atomic E-state index is 12.1. The number of carbonyl (C=O) groups is 1. The predicted molar refractivity (Wildman–Crippen MR) is 79.3 cm³/mol. The van der Waals surface area contributed by atoms with E-state index in [1.807, 2.05) is 12.1 Å². The third kappa shape index (κ3) is 2.85. The van der Waals surface area contributed by atoms with Crippen LogP contribution in [0.1, 0.15) is 16.1 Å². The van der Waals surface area contributed by atoms with Crippen molar-refractivity contribution in [3.05, 3.63) is 60.0 Å². The standard InChI is InChI=1S/C16H14N2O4/c1-17-13-6-3-2-5-12(13)16(19)21-10-11-9-15(22-18-11)14-7-4-8-20-14/h2-9,17H,10H2,1H3. The molecule has 0 radical (unpaired) electrons. The fourth-order valence-electron chi connectivity index (χ4n) is 2.01. The summed E-state index contributed by atoms with van der Waals surface area (Å²) in [6.07, 6.45) is 1.55. The molecule has 6 heteroatoms. The fraction of sp³-hybridized carbons (Fsp3) is 0.125. The molecule has 0 aliphatic carbocycles. The third-order valence-electron chi connectivity index (χ3n) is 3.09. The van der Waals surface area contributed by atoms with E-state index in [1.165, 1.54) is 0 Å². The largest absolute Gasteiger partial charge is 0.461 e. The lowest BCUT2D eigenvalue weighted by molar-refractivity contribution is 0.0465. The molecule has 1 N–H and O–H groups in total. The van der Waals surface area contributed by atoms with Crippen LogP contribution in [0.5, 0.6) is 0 Å². The maximum Gasteiger partial charge on any atom is 0.340 e. The number of rotatable bonds is 5. The Morgan fingerprint density at radius 1 is 1.23 bits per heavy atom. The summed E-state index contributed by atoms with van der Waals surface area (Å²) in [6.45, 7) is 0.0289. The molecule has 0 atom stereocenters. The van der Waals surface area contributed by atoms with Gasteiger partial charge in [-0.1, -0.05) is 17.3 Å². The number of nitrogens with zero attached hydrogens (tertiary/aromatic N) is 1. The number of ether oxygens (including phenoxy) is 1. The Labute approximate surface area is 126 Å². The van der Waals surface area contributed by atoms with Crippen LogP contribution in [0.4, 0.5) is 5.69 Å². The molecule has 6 nitrogen and oxygen atoms in total. The molecule has 0 aliphatic rings. The minimum atomic E-state index is -0.424. The minimum absolute atomic E-state index is 0.0289. The van der Waals surface area contributed by atoms with Gasteiger partial charge < -0.3 is 19.0 Å². The van der Waals surface area contributed by atoms with Crippen molar-refractivity contribution in [2.75, 3.05) is 12.4 Å². The molecule has 0 bridgehead atoms. The zero-order chi connectivity index (χ0) is 15.4. The Morgan fingerprint density at radius 2 is 2.09 bits per heavy atom. The first-order chi connectivity index (χ1) is 10.8. The van der Waals surface area contributed by atoms with Crippen LogP contribution in [0, 0.1) is 0 Å². The number of esters is 1. The van der Waals surface area contributed by atoms with Crippen molar-refractivity contribution in [1.29, 1.82) is 0 Å². The first-order valence-electron chi connectivity index (χ1n) is 6.71. The van der Waals surface area contributed by atoms with Crippen LogP contribution < -0.4 is 5.32 Å². The van der Waals surface area contributed by atoms with Crippen LogP contribution in [0.15, 0.2) is 57.7 Å². The Balaban J connectivity index is 1.66. The van der Waals surface area contributed by atoms with Gasteiger partial charge in [0.2, 0.25) is 5.76 Å². The normalized spacial score (nSPS) is 10.4. The lowest BCUT2D eigenvalue weighted by Gasteiger charge is -2.07. The second-order valence-corrected chi connectivity index (χ2v) is 4.53. The number of hydrogen-bond donors (Lipinski definition) is 1. The summed E-state index contributed by atoms with van der Waals surface area (Å²) in [5, 5.41) is 6.80. The average molecular weight is 298 g/mol. The van der Waals surface area contributed by atoms with Crippen molar-refractivity contribution in [3.8, 4) is 11.5 Å². The highest BCUT2D eigenvalue weighted by Crippen LogP contribution is 2.21. The summed E-state index contributed by atoms with van der Waals surface area (Å²) in [4.78, 5) is 12.1. The van der Waals surface area contributed by atoms with E-state index < -0.39 is 5.97 Å². The van der Waals surface area contributed by atoms with Gasteiger partial charge in [-0.3, -0.25) is 0 Å². The van der Waals surface area contributed by atoms with Gasteiger partial charge in [0.15, 0.2) is 5.76 Å². The van der Waals surface area contributed by atoms with Gasteiger partial charge in [-0.25, -0.2) is 4.79 Å². The number of nitrogens with one attached hydrogen (secondary N) is 1. The minimum Gasteiger partial charge on any atom is -0.461 e. The van der Waals surface area contributed by atoms with E-state index in [1.54, 1.807) is 43.6 Å². The summed E-state index contributed by atoms with van der Waals surface area (Å²) in [6, 6.07) is 12.3. The van der Waals surface area contributed by atoms with Crippen LogP contribution in [-0.2, 0) is 11.3 Å². The summed E-state index contributed by atoms with van der Waals surface area (Å²) < 4.78 is 15.6. The van der Waals surface area contributed by atoms with Crippen LogP contribution in [0.25, 0.3) is 11.5 Å². The third-order valence-corrected chi connectivity index (χ3v) is 3.09. The number of furan rings is 1. The number of anilines is 1. The number of benzene rings is 1. The van der Waals surface area contributed by atoms with E-state index >= 15 is 0 Å². The summed E-state index contributed by atoms with van der Waals surface area (Å²) >= 11 is 0. The number of aromatic nitrogens is 1. The predicted octanol–water partition coefficient (Wildman–Crippen LogP) is 3.33. The van der Waals surface area contributed by atoms with E-state index in [4.69, 9.17) is 13.7 Å². The lowest BCUT2D eigenvalue weighted by Crippen LogP contribution is -2.08. The molecule has 3 rings (SSSR count). The van der Waals surface area contributed by atoms with Gasteiger partial charge in [0.25, 0.3) is 0 Å². The van der Waals surface area contributed by atoms with Crippen molar-refractivity contribution >= 4 is 11.7 Å². The summed E-state index contributed by atoms with van der Waals surface area (Å²) in [7, 11) is 1.75. The van der Waals surface area contributed by atoms with Crippen LogP contribution >= 0.6 is 0 Å². The van der Waals surface area contributed by atoms with Crippen LogP contribution in [0.2, 0.25) is 0 Å². The maximum absolute atomic E-state index is 12.1. The molecule has 0 saturated heterocycles. The zero-order valence-electron chi connectivity index (χ0n) is 11.9. The Hall–Kier alpha value is -3.02. The van der Waals surface area contributed by atoms with Gasteiger partial charge in [-0.2, -0.15) is 0 Å². The molecule has 0 aliphatic heterocycles. The Morgan fingerprint density at radius 3 is 2.86 bits per heavy atom.